The van der Waals surface area contributed by atoms with Crippen LogP contribution in [-0.2, 0) is 10.0 Å². The molecule has 0 heterocycles. The summed E-state index contributed by atoms with van der Waals surface area (Å²) < 4.78 is 40.1. The number of nitrogens with zero attached hydrogens (tertiary/aromatic N) is 1. The van der Waals surface area contributed by atoms with Gasteiger partial charge in [0.1, 0.15) is 4.90 Å². The maximum atomic E-state index is 13.9. The molecular formula is C11H14BrFN2O2S. The van der Waals surface area contributed by atoms with Crippen molar-refractivity contribution in [2.75, 3.05) is 12.3 Å². The first-order chi connectivity index (χ1) is 8.37. The number of nitrogens with two attached hydrogens (primary N) is 1. The lowest BCUT2D eigenvalue weighted by molar-refractivity contribution is 0.416. The van der Waals surface area contributed by atoms with Crippen molar-refractivity contribution < 1.29 is 12.8 Å². The maximum absolute atomic E-state index is 13.9. The van der Waals surface area contributed by atoms with Gasteiger partial charge in [0.05, 0.1) is 4.47 Å². The SMILES string of the molecule is CCN(C1CC1)S(=O)(=O)c1cc(N)cc(Br)c1F. The molecule has 1 aliphatic carbocycles. The second kappa shape index (κ2) is 4.79. The Labute approximate surface area is 114 Å². The second-order valence-corrected chi connectivity index (χ2v) is 6.97. The van der Waals surface area contributed by atoms with Crippen molar-refractivity contribution >= 4 is 31.6 Å². The Bertz CT molecular complexity index is 573. The Morgan fingerprint density at radius 2 is 2.11 bits per heavy atom. The molecule has 7 heteroatoms. The lowest BCUT2D eigenvalue weighted by Gasteiger charge is -2.20. The number of halogens is 2. The van der Waals surface area contributed by atoms with Gasteiger partial charge in [-0.15, -0.1) is 0 Å². The molecule has 2 N–H and O–H groups in total. The molecule has 1 aromatic carbocycles. The molecule has 1 fully saturated rings. The van der Waals surface area contributed by atoms with E-state index in [0.29, 0.717) is 6.54 Å². The van der Waals surface area contributed by atoms with E-state index in [2.05, 4.69) is 15.9 Å². The third kappa shape index (κ3) is 2.39. The summed E-state index contributed by atoms with van der Waals surface area (Å²) >= 11 is 2.98. The summed E-state index contributed by atoms with van der Waals surface area (Å²) in [6.07, 6.45) is 1.66. The number of anilines is 1. The van der Waals surface area contributed by atoms with Gasteiger partial charge in [0, 0.05) is 18.3 Å². The van der Waals surface area contributed by atoms with Crippen molar-refractivity contribution in [3.63, 3.8) is 0 Å². The van der Waals surface area contributed by atoms with E-state index in [0.717, 1.165) is 12.8 Å². The van der Waals surface area contributed by atoms with E-state index in [-0.39, 0.29) is 21.1 Å². The van der Waals surface area contributed by atoms with E-state index in [1.807, 2.05) is 0 Å². The third-order valence-corrected chi connectivity index (χ3v) is 5.47. The summed E-state index contributed by atoms with van der Waals surface area (Å²) in [4.78, 5) is -0.358. The van der Waals surface area contributed by atoms with Crippen LogP contribution in [0, 0.1) is 5.82 Å². The molecule has 0 unspecified atom stereocenters. The van der Waals surface area contributed by atoms with Gasteiger partial charge in [0.15, 0.2) is 5.82 Å². The first-order valence-electron chi connectivity index (χ1n) is 5.64. The van der Waals surface area contributed by atoms with Crippen LogP contribution >= 0.6 is 15.9 Å². The monoisotopic (exact) mass is 336 g/mol. The van der Waals surface area contributed by atoms with Crippen LogP contribution in [0.2, 0.25) is 0 Å². The Kier molecular flexibility index (Phi) is 3.66. The molecule has 4 nitrogen and oxygen atoms in total. The quantitative estimate of drug-likeness (QED) is 0.858. The average molecular weight is 337 g/mol. The zero-order valence-electron chi connectivity index (χ0n) is 9.86. The van der Waals surface area contributed by atoms with E-state index in [1.165, 1.54) is 16.4 Å². The number of benzene rings is 1. The highest BCUT2D eigenvalue weighted by atomic mass is 79.9. The highest BCUT2D eigenvalue weighted by Gasteiger charge is 2.38. The van der Waals surface area contributed by atoms with Crippen LogP contribution in [-0.4, -0.2) is 25.3 Å². The average Bonchev–Trinajstić information content (AvgIpc) is 3.08. The Morgan fingerprint density at radius 1 is 1.50 bits per heavy atom. The van der Waals surface area contributed by atoms with Crippen molar-refractivity contribution in [1.29, 1.82) is 0 Å². The molecule has 0 radical (unpaired) electrons. The molecule has 0 atom stereocenters. The minimum absolute atomic E-state index is 0.000365. The van der Waals surface area contributed by atoms with E-state index in [4.69, 9.17) is 5.73 Å². The molecule has 18 heavy (non-hydrogen) atoms. The predicted octanol–water partition coefficient (Wildman–Crippen LogP) is 2.34. The fraction of sp³-hybridized carbons (Fsp3) is 0.455. The van der Waals surface area contributed by atoms with E-state index in [1.54, 1.807) is 6.92 Å². The predicted molar refractivity (Wildman–Crippen MR) is 71.1 cm³/mol. The normalized spacial score (nSPS) is 16.2. The van der Waals surface area contributed by atoms with Gasteiger partial charge in [-0.3, -0.25) is 0 Å². The number of nitrogen functional groups attached to an aromatic ring is 1. The fourth-order valence-electron chi connectivity index (χ4n) is 1.88. The molecule has 1 aliphatic rings. The topological polar surface area (TPSA) is 63.4 Å². The number of sulfonamides is 1. The molecule has 0 aromatic heterocycles. The number of hydrogen-bond acceptors (Lipinski definition) is 3. The lowest BCUT2D eigenvalue weighted by atomic mass is 10.3. The van der Waals surface area contributed by atoms with Crippen molar-refractivity contribution in [1.82, 2.24) is 4.31 Å². The molecule has 0 amide bonds. The summed E-state index contributed by atoms with van der Waals surface area (Å²) in [6.45, 7) is 2.08. The highest BCUT2D eigenvalue weighted by molar-refractivity contribution is 9.10. The van der Waals surface area contributed by atoms with Gasteiger partial charge in [-0.05, 0) is 40.9 Å². The van der Waals surface area contributed by atoms with Gasteiger partial charge in [0.2, 0.25) is 10.0 Å². The largest absolute Gasteiger partial charge is 0.399 e. The maximum Gasteiger partial charge on any atom is 0.246 e. The number of rotatable bonds is 4. The van der Waals surface area contributed by atoms with Crippen LogP contribution < -0.4 is 5.73 Å². The zero-order chi connectivity index (χ0) is 13.5. The smallest absolute Gasteiger partial charge is 0.246 e. The fourth-order valence-corrected chi connectivity index (χ4v) is 4.31. The van der Waals surface area contributed by atoms with Gasteiger partial charge in [-0.2, -0.15) is 4.31 Å². The van der Waals surface area contributed by atoms with Crippen molar-refractivity contribution in [3.8, 4) is 0 Å². The molecule has 0 saturated heterocycles. The summed E-state index contributed by atoms with van der Waals surface area (Å²) in [5.41, 5.74) is 5.80. The molecule has 1 aromatic rings. The molecular weight excluding hydrogens is 323 g/mol. The van der Waals surface area contributed by atoms with Crippen LogP contribution in [0.3, 0.4) is 0 Å². The van der Waals surface area contributed by atoms with Gasteiger partial charge >= 0.3 is 0 Å². The van der Waals surface area contributed by atoms with Gasteiger partial charge in [-0.25, -0.2) is 12.8 Å². The summed E-state index contributed by atoms with van der Waals surface area (Å²) in [7, 11) is -3.82. The standard InChI is InChI=1S/C11H14BrFN2O2S/c1-2-15(8-3-4-8)18(16,17)10-6-7(14)5-9(12)11(10)13/h5-6,8H,2-4,14H2,1H3. The summed E-state index contributed by atoms with van der Waals surface area (Å²) in [5.74, 6) is -0.789. The molecule has 0 bridgehead atoms. The summed E-state index contributed by atoms with van der Waals surface area (Å²) in [5, 5.41) is 0. The first kappa shape index (κ1) is 13.8. The van der Waals surface area contributed by atoms with Gasteiger partial charge < -0.3 is 5.73 Å². The van der Waals surface area contributed by atoms with Crippen molar-refractivity contribution in [2.45, 2.75) is 30.7 Å². The van der Waals surface area contributed by atoms with E-state index < -0.39 is 15.8 Å². The molecule has 0 aliphatic heterocycles. The zero-order valence-corrected chi connectivity index (χ0v) is 12.3. The summed E-state index contributed by atoms with van der Waals surface area (Å²) in [6, 6.07) is 2.52. The Hall–Kier alpha value is -0.660. The Balaban J connectivity index is 2.52. The number of hydrogen-bond donors (Lipinski definition) is 1. The van der Waals surface area contributed by atoms with Crippen LogP contribution in [0.15, 0.2) is 21.5 Å². The first-order valence-corrected chi connectivity index (χ1v) is 7.87. The van der Waals surface area contributed by atoms with Crippen LogP contribution in [0.5, 0.6) is 0 Å². The van der Waals surface area contributed by atoms with E-state index >= 15 is 0 Å². The van der Waals surface area contributed by atoms with Crippen LogP contribution in [0.1, 0.15) is 19.8 Å². The van der Waals surface area contributed by atoms with Crippen LogP contribution in [0.25, 0.3) is 0 Å². The highest BCUT2D eigenvalue weighted by Crippen LogP contribution is 2.34. The molecule has 0 spiro atoms. The minimum Gasteiger partial charge on any atom is -0.399 e. The third-order valence-electron chi connectivity index (χ3n) is 2.87. The molecule has 100 valence electrons. The van der Waals surface area contributed by atoms with Gasteiger partial charge in [-0.1, -0.05) is 6.92 Å². The Morgan fingerprint density at radius 3 is 2.61 bits per heavy atom. The molecule has 1 saturated carbocycles. The molecule has 2 rings (SSSR count). The van der Waals surface area contributed by atoms with E-state index in [9.17, 15) is 12.8 Å². The minimum atomic E-state index is -3.82. The van der Waals surface area contributed by atoms with Crippen LogP contribution in [0.4, 0.5) is 10.1 Å². The second-order valence-electron chi connectivity index (χ2n) is 4.25. The van der Waals surface area contributed by atoms with Crippen molar-refractivity contribution in [3.05, 3.63) is 22.4 Å². The van der Waals surface area contributed by atoms with Crippen molar-refractivity contribution in [2.24, 2.45) is 0 Å². The van der Waals surface area contributed by atoms with Gasteiger partial charge in [0.25, 0.3) is 0 Å². The lowest BCUT2D eigenvalue weighted by Crippen LogP contribution is -2.33.